The van der Waals surface area contributed by atoms with Crippen LogP contribution in [0.15, 0.2) is 35.1 Å². The number of rotatable bonds is 5. The number of phenols is 1. The van der Waals surface area contributed by atoms with Crippen molar-refractivity contribution in [1.82, 2.24) is 9.62 Å². The van der Waals surface area contributed by atoms with Gasteiger partial charge in [0.15, 0.2) is 5.82 Å². The van der Waals surface area contributed by atoms with Gasteiger partial charge in [-0.1, -0.05) is 0 Å². The predicted molar refractivity (Wildman–Crippen MR) is 97.5 cm³/mol. The lowest BCUT2D eigenvalue weighted by molar-refractivity contribution is -0.117. The van der Waals surface area contributed by atoms with E-state index in [-0.39, 0.29) is 18.0 Å². The van der Waals surface area contributed by atoms with E-state index in [0.717, 1.165) is 35.9 Å². The topological polar surface area (TPSA) is 86.0 Å². The van der Waals surface area contributed by atoms with Crippen molar-refractivity contribution in [2.75, 3.05) is 23.9 Å². The summed E-state index contributed by atoms with van der Waals surface area (Å²) in [5.41, 5.74) is 1.61. The number of nitrogens with one attached hydrogen (secondary N) is 1. The van der Waals surface area contributed by atoms with Crippen molar-refractivity contribution in [3.63, 3.8) is 0 Å². The van der Waals surface area contributed by atoms with E-state index in [0.29, 0.717) is 17.9 Å². The summed E-state index contributed by atoms with van der Waals surface area (Å²) < 4.78 is 34.7. The SMILES string of the molecule is O=C1CN(c2c(O)cc(CC3CCN(Cc4ccoc4)C3)cc2F)S(=O)N1. The Labute approximate surface area is 158 Å². The summed E-state index contributed by atoms with van der Waals surface area (Å²) in [6, 6.07) is 4.80. The zero-order valence-electron chi connectivity index (χ0n) is 14.6. The third-order valence-corrected chi connectivity index (χ3v) is 6.04. The Morgan fingerprint density at radius 1 is 1.37 bits per heavy atom. The molecule has 9 heteroatoms. The summed E-state index contributed by atoms with van der Waals surface area (Å²) in [6.07, 6.45) is 5.04. The Hall–Kier alpha value is -2.39. The minimum Gasteiger partial charge on any atom is -0.506 e. The van der Waals surface area contributed by atoms with Gasteiger partial charge in [-0.05, 0) is 49.1 Å². The molecule has 7 nitrogen and oxygen atoms in total. The van der Waals surface area contributed by atoms with Gasteiger partial charge in [0.05, 0.1) is 12.5 Å². The van der Waals surface area contributed by atoms with Crippen LogP contribution in [-0.4, -0.2) is 39.8 Å². The van der Waals surface area contributed by atoms with Gasteiger partial charge in [-0.15, -0.1) is 0 Å². The van der Waals surface area contributed by atoms with E-state index in [1.165, 1.54) is 12.1 Å². The molecular formula is C18H20FN3O4S. The first-order chi connectivity index (χ1) is 13.0. The highest BCUT2D eigenvalue weighted by Gasteiger charge is 2.32. The van der Waals surface area contributed by atoms with Crippen molar-refractivity contribution < 1.29 is 22.9 Å². The number of nitrogens with zero attached hydrogens (tertiary/aromatic N) is 2. The van der Waals surface area contributed by atoms with Gasteiger partial charge in [0, 0.05) is 18.7 Å². The number of benzene rings is 1. The molecule has 2 aliphatic heterocycles. The monoisotopic (exact) mass is 393 g/mol. The molecule has 2 saturated heterocycles. The van der Waals surface area contributed by atoms with Crippen LogP contribution in [0.4, 0.5) is 10.1 Å². The molecule has 2 N–H and O–H groups in total. The summed E-state index contributed by atoms with van der Waals surface area (Å²) >= 11 is -1.87. The Bertz CT molecular complexity index is 850. The summed E-state index contributed by atoms with van der Waals surface area (Å²) in [6.45, 7) is 2.43. The van der Waals surface area contributed by atoms with Crippen molar-refractivity contribution in [2.45, 2.75) is 19.4 Å². The number of hydrogen-bond acceptors (Lipinski definition) is 5. The lowest BCUT2D eigenvalue weighted by Gasteiger charge is -2.18. The zero-order chi connectivity index (χ0) is 19.0. The number of amides is 1. The number of phenolic OH excluding ortho intramolecular Hbond substituents is 1. The number of furan rings is 1. The normalized spacial score (nSPS) is 23.1. The van der Waals surface area contributed by atoms with E-state index in [4.69, 9.17) is 4.42 Å². The molecule has 4 rings (SSSR count). The number of carbonyl (C=O) groups is 1. The van der Waals surface area contributed by atoms with E-state index in [1.807, 2.05) is 6.07 Å². The van der Waals surface area contributed by atoms with Crippen LogP contribution >= 0.6 is 0 Å². The molecule has 0 aliphatic carbocycles. The average Bonchev–Trinajstić information content (AvgIpc) is 3.31. The van der Waals surface area contributed by atoms with E-state index in [9.17, 15) is 18.5 Å². The zero-order valence-corrected chi connectivity index (χ0v) is 15.4. The second kappa shape index (κ2) is 7.32. The predicted octanol–water partition coefficient (Wildman–Crippen LogP) is 1.70. The number of aromatic hydroxyl groups is 1. The Morgan fingerprint density at radius 3 is 2.89 bits per heavy atom. The quantitative estimate of drug-likeness (QED) is 0.808. The largest absolute Gasteiger partial charge is 0.506 e. The van der Waals surface area contributed by atoms with Crippen molar-refractivity contribution >= 4 is 22.8 Å². The highest BCUT2D eigenvalue weighted by molar-refractivity contribution is 7.85. The molecule has 27 heavy (non-hydrogen) atoms. The Morgan fingerprint density at radius 2 is 2.22 bits per heavy atom. The maximum Gasteiger partial charge on any atom is 0.253 e. The first kappa shape index (κ1) is 18.0. The summed E-state index contributed by atoms with van der Waals surface area (Å²) in [5, 5.41) is 10.3. The summed E-state index contributed by atoms with van der Waals surface area (Å²) in [5.74, 6) is -1.09. The summed E-state index contributed by atoms with van der Waals surface area (Å²) in [4.78, 5) is 13.7. The van der Waals surface area contributed by atoms with Crippen LogP contribution in [0.1, 0.15) is 17.5 Å². The molecule has 0 radical (unpaired) electrons. The van der Waals surface area contributed by atoms with E-state index < -0.39 is 22.9 Å². The Balaban J connectivity index is 1.43. The number of carbonyl (C=O) groups excluding carboxylic acids is 1. The molecule has 3 heterocycles. The second-order valence-electron chi connectivity index (χ2n) is 6.98. The van der Waals surface area contributed by atoms with Crippen molar-refractivity contribution in [3.05, 3.63) is 47.7 Å². The maximum atomic E-state index is 14.6. The van der Waals surface area contributed by atoms with Crippen LogP contribution in [0, 0.1) is 11.7 Å². The fraction of sp³-hybridized carbons (Fsp3) is 0.389. The molecule has 1 aromatic heterocycles. The molecule has 0 saturated carbocycles. The first-order valence-corrected chi connectivity index (χ1v) is 9.84. The van der Waals surface area contributed by atoms with Crippen LogP contribution in [-0.2, 0) is 28.9 Å². The van der Waals surface area contributed by atoms with Gasteiger partial charge in [0.1, 0.15) is 18.0 Å². The number of halogens is 1. The van der Waals surface area contributed by atoms with Gasteiger partial charge >= 0.3 is 0 Å². The average molecular weight is 393 g/mol. The fourth-order valence-electron chi connectivity index (χ4n) is 3.74. The minimum absolute atomic E-state index is 0.205. The molecule has 1 aromatic carbocycles. The molecule has 2 aromatic rings. The second-order valence-corrected chi connectivity index (χ2v) is 8.13. The lowest BCUT2D eigenvalue weighted by atomic mass is 9.98. The molecule has 0 bridgehead atoms. The Kier molecular flexibility index (Phi) is 4.88. The number of likely N-dealkylation sites (tertiary alicyclic amines) is 1. The van der Waals surface area contributed by atoms with Gasteiger partial charge in [-0.2, -0.15) is 0 Å². The first-order valence-electron chi connectivity index (χ1n) is 8.73. The molecule has 2 unspecified atom stereocenters. The molecule has 2 aliphatic rings. The number of hydrogen-bond donors (Lipinski definition) is 2. The smallest absolute Gasteiger partial charge is 0.253 e. The highest BCUT2D eigenvalue weighted by Crippen LogP contribution is 2.35. The van der Waals surface area contributed by atoms with Crippen LogP contribution in [0.5, 0.6) is 5.75 Å². The van der Waals surface area contributed by atoms with Crippen LogP contribution in [0.3, 0.4) is 0 Å². The van der Waals surface area contributed by atoms with Crippen molar-refractivity contribution in [1.29, 1.82) is 0 Å². The van der Waals surface area contributed by atoms with Gasteiger partial charge < -0.3 is 9.52 Å². The van der Waals surface area contributed by atoms with Crippen molar-refractivity contribution in [3.8, 4) is 5.75 Å². The molecular weight excluding hydrogens is 373 g/mol. The fourth-order valence-corrected chi connectivity index (χ4v) is 4.69. The van der Waals surface area contributed by atoms with Gasteiger partial charge in [0.25, 0.3) is 5.91 Å². The molecule has 0 spiro atoms. The standard InChI is InChI=1S/C18H20FN3O4S/c19-15-6-14(7-16(23)18(15)22-10-17(24)20-27(22)25)5-12-1-3-21(8-12)9-13-2-4-26-11-13/h2,4,6-7,11-12,23H,1,3,5,8-10H2,(H,20,24). The number of anilines is 1. The lowest BCUT2D eigenvalue weighted by Crippen LogP contribution is -2.23. The van der Waals surface area contributed by atoms with Gasteiger partial charge in [-0.3, -0.25) is 18.7 Å². The molecule has 144 valence electrons. The van der Waals surface area contributed by atoms with E-state index >= 15 is 0 Å². The molecule has 2 fully saturated rings. The van der Waals surface area contributed by atoms with E-state index in [1.54, 1.807) is 12.5 Å². The third kappa shape index (κ3) is 3.84. The van der Waals surface area contributed by atoms with E-state index in [2.05, 4.69) is 9.62 Å². The molecule has 2 atom stereocenters. The van der Waals surface area contributed by atoms with Crippen LogP contribution in [0.25, 0.3) is 0 Å². The summed E-state index contributed by atoms with van der Waals surface area (Å²) in [7, 11) is 0. The van der Waals surface area contributed by atoms with Gasteiger partial charge in [0.2, 0.25) is 11.2 Å². The van der Waals surface area contributed by atoms with Crippen molar-refractivity contribution in [2.24, 2.45) is 5.92 Å². The minimum atomic E-state index is -1.87. The van der Waals surface area contributed by atoms with Gasteiger partial charge in [-0.25, -0.2) is 8.60 Å². The maximum absolute atomic E-state index is 14.6. The van der Waals surface area contributed by atoms with Crippen LogP contribution in [0.2, 0.25) is 0 Å². The third-order valence-electron chi connectivity index (χ3n) is 4.92. The molecule has 1 amide bonds. The highest BCUT2D eigenvalue weighted by atomic mass is 32.2. The van der Waals surface area contributed by atoms with Crippen LogP contribution < -0.4 is 9.03 Å².